The number of aryl methyl sites for hydroxylation is 1. The lowest BCUT2D eigenvalue weighted by Crippen LogP contribution is -2.22. The summed E-state index contributed by atoms with van der Waals surface area (Å²) in [7, 11) is -5.02. The number of benzene rings is 1. The van der Waals surface area contributed by atoms with Crippen LogP contribution in [-0.2, 0) is 15.3 Å². The van der Waals surface area contributed by atoms with E-state index >= 15 is 0 Å². The highest BCUT2D eigenvalue weighted by Crippen LogP contribution is 2.27. The summed E-state index contributed by atoms with van der Waals surface area (Å²) < 4.78 is 51.5. The minimum Gasteiger partial charge on any atom is -0.306 e. The maximum absolute atomic E-state index is 13.1. The van der Waals surface area contributed by atoms with Crippen molar-refractivity contribution in [2.75, 3.05) is 5.32 Å². The van der Waals surface area contributed by atoms with Crippen LogP contribution in [-0.4, -0.2) is 39.8 Å². The van der Waals surface area contributed by atoms with Gasteiger partial charge in [-0.1, -0.05) is 32.9 Å². The zero-order valence-electron chi connectivity index (χ0n) is 18.6. The molecule has 3 aromatic rings. The monoisotopic (exact) mass is 479 g/mol. The van der Waals surface area contributed by atoms with Crippen LogP contribution in [0.1, 0.15) is 48.1 Å². The van der Waals surface area contributed by atoms with Crippen LogP contribution in [0, 0.1) is 13.8 Å². The highest BCUT2D eigenvalue weighted by atomic mass is 32.2. The molecule has 1 amide bonds. The molecule has 0 bridgehead atoms. The van der Waals surface area contributed by atoms with Gasteiger partial charge in [0, 0.05) is 22.7 Å². The number of sulfone groups is 1. The molecule has 0 atom stereocenters. The molecule has 0 aliphatic carbocycles. The van der Waals surface area contributed by atoms with E-state index in [1.54, 1.807) is 13.8 Å². The summed E-state index contributed by atoms with van der Waals surface area (Å²) in [5.74, 6) is -4.53. The number of amides is 1. The van der Waals surface area contributed by atoms with Crippen molar-refractivity contribution in [1.29, 1.82) is 0 Å². The predicted octanol–water partition coefficient (Wildman–Crippen LogP) is 3.12. The van der Waals surface area contributed by atoms with Gasteiger partial charge in [0.15, 0.2) is 0 Å². The number of nitrogens with one attached hydrogen (secondary N) is 2. The predicted molar refractivity (Wildman–Crippen MR) is 118 cm³/mol. The van der Waals surface area contributed by atoms with Gasteiger partial charge < -0.3 is 5.32 Å². The first kappa shape index (κ1) is 24.2. The van der Waals surface area contributed by atoms with Crippen LogP contribution in [0.3, 0.4) is 0 Å². The molecule has 0 aliphatic heterocycles. The maximum atomic E-state index is 13.1. The van der Waals surface area contributed by atoms with Gasteiger partial charge >= 0.3 is 5.76 Å². The Morgan fingerprint density at radius 3 is 2.39 bits per heavy atom. The maximum Gasteiger partial charge on any atom is 0.341 e. The number of halogens is 2. The molecule has 3 rings (SSSR count). The number of rotatable bonds is 5. The minimum atomic E-state index is -5.02. The van der Waals surface area contributed by atoms with Crippen molar-refractivity contribution in [3.8, 4) is 5.95 Å². The number of hydrogen-bond donors (Lipinski definition) is 2. The van der Waals surface area contributed by atoms with Gasteiger partial charge in [-0.3, -0.25) is 14.6 Å². The van der Waals surface area contributed by atoms with Crippen LogP contribution in [0.2, 0.25) is 0 Å². The van der Waals surface area contributed by atoms with Gasteiger partial charge in [-0.25, -0.2) is 13.4 Å². The third-order valence-corrected chi connectivity index (χ3v) is 6.41. The fourth-order valence-corrected chi connectivity index (χ4v) is 3.84. The number of nitrogens with zero attached hydrogens (tertiary/aromatic N) is 3. The number of aromatic nitrogens is 4. The molecule has 0 fully saturated rings. The first-order chi connectivity index (χ1) is 15.2. The summed E-state index contributed by atoms with van der Waals surface area (Å²) >= 11 is 0. The van der Waals surface area contributed by atoms with Crippen molar-refractivity contribution in [2.45, 2.75) is 50.7 Å². The third kappa shape index (κ3) is 4.70. The average Bonchev–Trinajstić information content (AvgIpc) is 3.15. The fourth-order valence-electron chi connectivity index (χ4n) is 2.91. The highest BCUT2D eigenvalue weighted by Gasteiger charge is 2.31. The molecule has 33 heavy (non-hydrogen) atoms. The Balaban J connectivity index is 2.13. The second-order valence-electron chi connectivity index (χ2n) is 8.43. The number of alkyl halides is 2. The second kappa shape index (κ2) is 8.50. The Morgan fingerprint density at radius 2 is 1.82 bits per heavy atom. The first-order valence-electron chi connectivity index (χ1n) is 9.84. The summed E-state index contributed by atoms with van der Waals surface area (Å²) in [5.41, 5.74) is 0.0974. The quantitative estimate of drug-likeness (QED) is 0.579. The van der Waals surface area contributed by atoms with Crippen molar-refractivity contribution in [3.05, 3.63) is 63.2 Å². The number of H-pyrrole nitrogens is 1. The number of hydrogen-bond acceptors (Lipinski definition) is 6. The number of carbonyl (C=O) groups excluding carboxylic acids is 1. The highest BCUT2D eigenvalue weighted by molar-refractivity contribution is 7.91. The molecule has 9 nitrogen and oxygen atoms in total. The van der Waals surface area contributed by atoms with Gasteiger partial charge in [0.2, 0.25) is 15.8 Å². The summed E-state index contributed by atoms with van der Waals surface area (Å²) in [4.78, 5) is 31.3. The Hall–Kier alpha value is -3.41. The Kier molecular flexibility index (Phi) is 6.25. The van der Waals surface area contributed by atoms with E-state index in [4.69, 9.17) is 0 Å². The SMILES string of the molecule is Cc1nc(-n2nc(C(C)(C)C)cc2NC(=O)c2ccccc2S(=O)(=O)C(F)F)[nH]c(=O)c1C. The van der Waals surface area contributed by atoms with Crippen LogP contribution in [0.4, 0.5) is 14.6 Å². The average molecular weight is 480 g/mol. The molecule has 2 N–H and O–H groups in total. The standard InChI is InChI=1S/C21H23F2N5O4S/c1-11-12(2)24-20(26-17(11)29)28-16(10-15(27-28)21(3,4)5)25-18(30)13-8-6-7-9-14(13)33(31,32)19(22)23/h6-10,19H,1-5H3,(H,25,30)(H,24,26,29). The fraction of sp³-hybridized carbons (Fsp3) is 0.333. The molecule has 0 spiro atoms. The Labute approximate surface area is 188 Å². The molecule has 0 saturated carbocycles. The molecular weight excluding hydrogens is 456 g/mol. The number of anilines is 1. The van der Waals surface area contributed by atoms with Crippen LogP contribution in [0.25, 0.3) is 5.95 Å². The molecule has 12 heteroatoms. The molecule has 2 heterocycles. The molecule has 176 valence electrons. The second-order valence-corrected chi connectivity index (χ2v) is 10.3. The smallest absolute Gasteiger partial charge is 0.306 e. The van der Waals surface area contributed by atoms with E-state index in [0.717, 1.165) is 12.1 Å². The van der Waals surface area contributed by atoms with Crippen molar-refractivity contribution >= 4 is 21.6 Å². The van der Waals surface area contributed by atoms with E-state index in [0.29, 0.717) is 17.0 Å². The van der Waals surface area contributed by atoms with Crippen LogP contribution in [0.15, 0.2) is 40.0 Å². The summed E-state index contributed by atoms with van der Waals surface area (Å²) in [6.07, 6.45) is 0. The topological polar surface area (TPSA) is 127 Å². The van der Waals surface area contributed by atoms with E-state index < -0.39 is 42.9 Å². The first-order valence-corrected chi connectivity index (χ1v) is 11.4. The zero-order chi connectivity index (χ0) is 24.7. The number of aromatic amines is 1. The minimum absolute atomic E-state index is 0.0300. The normalized spacial score (nSPS) is 12.2. The zero-order valence-corrected chi connectivity index (χ0v) is 19.4. The van der Waals surface area contributed by atoms with Crippen LogP contribution >= 0.6 is 0 Å². The van der Waals surface area contributed by atoms with Gasteiger partial charge in [0.05, 0.1) is 16.2 Å². The van der Waals surface area contributed by atoms with Crippen LogP contribution < -0.4 is 10.9 Å². The van der Waals surface area contributed by atoms with E-state index in [1.807, 2.05) is 20.8 Å². The molecule has 0 aliphatic rings. The van der Waals surface area contributed by atoms with Gasteiger partial charge in [-0.05, 0) is 26.0 Å². The molecule has 1 aromatic carbocycles. The summed E-state index contributed by atoms with van der Waals surface area (Å²) in [6.45, 7) is 8.90. The van der Waals surface area contributed by atoms with Crippen molar-refractivity contribution < 1.29 is 22.0 Å². The van der Waals surface area contributed by atoms with E-state index in [1.165, 1.54) is 22.9 Å². The Bertz CT molecular complexity index is 1390. The van der Waals surface area contributed by atoms with Gasteiger partial charge in [0.25, 0.3) is 11.5 Å². The van der Waals surface area contributed by atoms with Gasteiger partial charge in [-0.15, -0.1) is 0 Å². The third-order valence-electron chi connectivity index (χ3n) is 4.98. The molecule has 0 saturated heterocycles. The van der Waals surface area contributed by atoms with Crippen molar-refractivity contribution in [2.24, 2.45) is 0 Å². The molecule has 0 radical (unpaired) electrons. The van der Waals surface area contributed by atoms with E-state index in [9.17, 15) is 26.8 Å². The van der Waals surface area contributed by atoms with Gasteiger partial charge in [-0.2, -0.15) is 18.6 Å². The number of carbonyl (C=O) groups is 1. The summed E-state index contributed by atoms with van der Waals surface area (Å²) in [5, 5.41) is 6.95. The lowest BCUT2D eigenvalue weighted by atomic mass is 9.92. The van der Waals surface area contributed by atoms with Gasteiger partial charge in [0.1, 0.15) is 5.82 Å². The van der Waals surface area contributed by atoms with E-state index in [2.05, 4.69) is 20.4 Å². The summed E-state index contributed by atoms with van der Waals surface area (Å²) in [6, 6.07) is 6.22. The van der Waals surface area contributed by atoms with Crippen molar-refractivity contribution in [1.82, 2.24) is 19.7 Å². The lowest BCUT2D eigenvalue weighted by Gasteiger charge is -2.14. The molecule has 2 aromatic heterocycles. The van der Waals surface area contributed by atoms with Crippen molar-refractivity contribution in [3.63, 3.8) is 0 Å². The molecular formula is C21H23F2N5O4S. The Morgan fingerprint density at radius 1 is 1.18 bits per heavy atom. The van der Waals surface area contributed by atoms with E-state index in [-0.39, 0.29) is 11.8 Å². The lowest BCUT2D eigenvalue weighted by molar-refractivity contribution is 0.102. The van der Waals surface area contributed by atoms with Crippen LogP contribution in [0.5, 0.6) is 0 Å². The molecule has 0 unspecified atom stereocenters. The largest absolute Gasteiger partial charge is 0.341 e.